The average molecular weight is 402 g/mol. The minimum Gasteiger partial charge on any atom is -0.467 e. The topological polar surface area (TPSA) is 44.8 Å². The third-order valence-corrected chi connectivity index (χ3v) is 4.40. The first kappa shape index (κ1) is 21.7. The van der Waals surface area contributed by atoms with E-state index >= 15 is 0 Å². The third-order valence-electron chi connectivity index (χ3n) is 3.62. The summed E-state index contributed by atoms with van der Waals surface area (Å²) in [5.74, 6) is -0.155. The summed E-state index contributed by atoms with van der Waals surface area (Å²) >= 11 is 1.43. The summed E-state index contributed by atoms with van der Waals surface area (Å²) in [6.07, 6.45) is 1.87. The molecule has 0 aliphatic carbocycles. The molecule has 0 fully saturated rings. The lowest BCUT2D eigenvalue weighted by Gasteiger charge is -2.13. The van der Waals surface area contributed by atoms with E-state index in [0.717, 1.165) is 10.5 Å². The van der Waals surface area contributed by atoms with Crippen molar-refractivity contribution in [3.05, 3.63) is 66.5 Å². The number of halogens is 1. The fourth-order valence-corrected chi connectivity index (χ4v) is 2.91. The van der Waals surface area contributed by atoms with Gasteiger partial charge in [-0.15, -0.1) is 11.8 Å². The van der Waals surface area contributed by atoms with E-state index in [1.165, 1.54) is 17.8 Å². The first-order valence-corrected chi connectivity index (χ1v) is 9.75. The molecule has 4 nitrogen and oxygen atoms in total. The molecule has 0 aliphatic heterocycles. The molecular formula is C22H23FO4S. The number of hydrogen-bond acceptors (Lipinski definition) is 5. The Morgan fingerprint density at radius 1 is 1.07 bits per heavy atom. The average Bonchev–Trinajstić information content (AvgIpc) is 2.65. The number of hydrogen-bond donors (Lipinski definition) is 0. The van der Waals surface area contributed by atoms with Gasteiger partial charge in [0.15, 0.2) is 6.79 Å². The largest absolute Gasteiger partial charge is 0.467 e. The zero-order valence-corrected chi connectivity index (χ0v) is 17.0. The molecule has 0 saturated heterocycles. The quantitative estimate of drug-likeness (QED) is 0.104. The summed E-state index contributed by atoms with van der Waals surface area (Å²) in [5, 5.41) is 0. The monoisotopic (exact) mass is 402 g/mol. The Kier molecular flexibility index (Phi) is 7.84. The second-order valence-electron chi connectivity index (χ2n) is 6.24. The Morgan fingerprint density at radius 2 is 1.75 bits per heavy atom. The maximum atomic E-state index is 14.7. The second kappa shape index (κ2) is 10.1. The molecule has 2 aromatic rings. The molecule has 0 N–H and O–H groups in total. The number of ether oxygens (including phenoxy) is 3. The van der Waals surface area contributed by atoms with Crippen molar-refractivity contribution in [2.75, 3.05) is 19.7 Å². The normalized spacial score (nSPS) is 10.4. The van der Waals surface area contributed by atoms with Crippen molar-refractivity contribution in [1.29, 1.82) is 0 Å². The molecule has 0 saturated carbocycles. The first-order valence-electron chi connectivity index (χ1n) is 8.52. The van der Waals surface area contributed by atoms with Crippen molar-refractivity contribution in [2.24, 2.45) is 0 Å². The SMILES string of the molecule is C=C(C)COCOc1ccc(-c2ccc(OC(=O)C(=C)C)cc2SC)c(F)c1. The van der Waals surface area contributed by atoms with Crippen LogP contribution in [-0.2, 0) is 9.53 Å². The highest BCUT2D eigenvalue weighted by atomic mass is 32.2. The Balaban J connectivity index is 2.18. The molecule has 0 unspecified atom stereocenters. The van der Waals surface area contributed by atoms with Crippen molar-refractivity contribution >= 4 is 17.7 Å². The number of esters is 1. The minimum atomic E-state index is -0.499. The van der Waals surface area contributed by atoms with Gasteiger partial charge >= 0.3 is 5.97 Å². The molecule has 0 aliphatic rings. The Bertz CT molecular complexity index is 892. The summed E-state index contributed by atoms with van der Waals surface area (Å²) in [4.78, 5) is 12.5. The van der Waals surface area contributed by atoms with Crippen LogP contribution in [0.25, 0.3) is 11.1 Å². The summed E-state index contributed by atoms with van der Waals surface area (Å²) in [6, 6.07) is 9.71. The van der Waals surface area contributed by atoms with E-state index in [-0.39, 0.29) is 6.79 Å². The van der Waals surface area contributed by atoms with Gasteiger partial charge in [0.05, 0.1) is 6.61 Å². The molecule has 0 bridgehead atoms. The van der Waals surface area contributed by atoms with Gasteiger partial charge in [-0.05, 0) is 56.0 Å². The molecular weight excluding hydrogens is 379 g/mol. The van der Waals surface area contributed by atoms with E-state index in [1.807, 2.05) is 13.2 Å². The summed E-state index contributed by atoms with van der Waals surface area (Å²) < 4.78 is 30.6. The van der Waals surface area contributed by atoms with Crippen LogP contribution in [0.4, 0.5) is 4.39 Å². The van der Waals surface area contributed by atoms with Crippen LogP contribution in [0.1, 0.15) is 13.8 Å². The van der Waals surface area contributed by atoms with E-state index in [4.69, 9.17) is 14.2 Å². The van der Waals surface area contributed by atoms with Crippen LogP contribution >= 0.6 is 11.8 Å². The van der Waals surface area contributed by atoms with Gasteiger partial charge in [0.25, 0.3) is 0 Å². The van der Waals surface area contributed by atoms with Gasteiger partial charge in [-0.25, -0.2) is 9.18 Å². The molecule has 0 radical (unpaired) electrons. The van der Waals surface area contributed by atoms with Gasteiger partial charge in [-0.3, -0.25) is 0 Å². The zero-order chi connectivity index (χ0) is 20.7. The third kappa shape index (κ3) is 5.97. The van der Waals surface area contributed by atoms with Gasteiger partial charge in [0, 0.05) is 22.1 Å². The van der Waals surface area contributed by atoms with Gasteiger partial charge in [-0.1, -0.05) is 18.7 Å². The smallest absolute Gasteiger partial charge is 0.338 e. The molecule has 28 heavy (non-hydrogen) atoms. The molecule has 0 aromatic heterocycles. The van der Waals surface area contributed by atoms with E-state index in [1.54, 1.807) is 37.3 Å². The molecule has 148 valence electrons. The highest BCUT2D eigenvalue weighted by Gasteiger charge is 2.13. The zero-order valence-electron chi connectivity index (χ0n) is 16.2. The van der Waals surface area contributed by atoms with E-state index < -0.39 is 11.8 Å². The van der Waals surface area contributed by atoms with Crippen LogP contribution in [0.5, 0.6) is 11.5 Å². The first-order chi connectivity index (χ1) is 13.3. The second-order valence-corrected chi connectivity index (χ2v) is 7.09. The van der Waals surface area contributed by atoms with Crippen molar-refractivity contribution < 1.29 is 23.4 Å². The van der Waals surface area contributed by atoms with Gasteiger partial charge in [0.2, 0.25) is 0 Å². The van der Waals surface area contributed by atoms with E-state index in [2.05, 4.69) is 13.2 Å². The molecule has 0 spiro atoms. The molecule has 0 amide bonds. The van der Waals surface area contributed by atoms with Gasteiger partial charge in [0.1, 0.15) is 17.3 Å². The minimum absolute atomic E-state index is 0.0183. The Hall–Kier alpha value is -2.57. The standard InChI is InChI=1S/C22H23FO4S/c1-14(2)12-25-13-26-16-6-8-18(20(23)10-16)19-9-7-17(11-21(19)28-5)27-22(24)15(3)4/h6-11H,1,3,12-13H2,2,4-5H3. The summed E-state index contributed by atoms with van der Waals surface area (Å²) in [5.41, 5.74) is 2.32. The van der Waals surface area contributed by atoms with Crippen LogP contribution in [-0.4, -0.2) is 25.6 Å². The Labute approximate surface area is 169 Å². The number of rotatable bonds is 9. The highest BCUT2D eigenvalue weighted by molar-refractivity contribution is 7.98. The van der Waals surface area contributed by atoms with Crippen molar-refractivity contribution in [3.8, 4) is 22.6 Å². The van der Waals surface area contributed by atoms with Crippen molar-refractivity contribution in [1.82, 2.24) is 0 Å². The van der Waals surface area contributed by atoms with Crippen LogP contribution in [0, 0.1) is 5.82 Å². The lowest BCUT2D eigenvalue weighted by molar-refractivity contribution is -0.130. The van der Waals surface area contributed by atoms with Crippen molar-refractivity contribution in [3.63, 3.8) is 0 Å². The lowest BCUT2D eigenvalue weighted by Crippen LogP contribution is -2.08. The summed E-state index contributed by atoms with van der Waals surface area (Å²) in [7, 11) is 0. The van der Waals surface area contributed by atoms with Crippen LogP contribution in [0.15, 0.2) is 65.6 Å². The molecule has 0 heterocycles. The van der Waals surface area contributed by atoms with Crippen LogP contribution < -0.4 is 9.47 Å². The molecule has 2 aromatic carbocycles. The number of benzene rings is 2. The molecule has 2 rings (SSSR count). The Morgan fingerprint density at radius 3 is 2.36 bits per heavy atom. The van der Waals surface area contributed by atoms with Crippen LogP contribution in [0.2, 0.25) is 0 Å². The number of carbonyl (C=O) groups is 1. The maximum absolute atomic E-state index is 14.7. The van der Waals surface area contributed by atoms with E-state index in [0.29, 0.717) is 34.8 Å². The fraction of sp³-hybridized carbons (Fsp3) is 0.227. The lowest BCUT2D eigenvalue weighted by atomic mass is 10.0. The molecule has 6 heteroatoms. The van der Waals surface area contributed by atoms with Gasteiger partial charge in [-0.2, -0.15) is 0 Å². The number of thioether (sulfide) groups is 1. The highest BCUT2D eigenvalue weighted by Crippen LogP contribution is 2.36. The number of carbonyl (C=O) groups excluding carboxylic acids is 1. The van der Waals surface area contributed by atoms with Crippen molar-refractivity contribution in [2.45, 2.75) is 18.7 Å². The molecule has 0 atom stereocenters. The van der Waals surface area contributed by atoms with Crippen LogP contribution in [0.3, 0.4) is 0 Å². The fourth-order valence-electron chi connectivity index (χ4n) is 2.28. The van der Waals surface area contributed by atoms with E-state index in [9.17, 15) is 9.18 Å². The van der Waals surface area contributed by atoms with Gasteiger partial charge < -0.3 is 14.2 Å². The predicted molar refractivity (Wildman–Crippen MR) is 110 cm³/mol. The maximum Gasteiger partial charge on any atom is 0.338 e. The summed E-state index contributed by atoms with van der Waals surface area (Å²) in [6.45, 7) is 11.1. The predicted octanol–water partition coefficient (Wildman–Crippen LogP) is 5.63.